The van der Waals surface area contributed by atoms with Gasteiger partial charge in [0.25, 0.3) is 5.91 Å². The van der Waals surface area contributed by atoms with E-state index in [1.54, 1.807) is 72.1 Å². The number of ketones is 1. The smallest absolute Gasteiger partial charge is 0.410 e. The zero-order valence-corrected chi connectivity index (χ0v) is 28.7. The van der Waals surface area contributed by atoms with Crippen LogP contribution in [-0.2, 0) is 16.1 Å². The number of carbonyl (C=O) groups excluding carboxylic acids is 3. The molecule has 2 aromatic carbocycles. The Balaban J connectivity index is 1.41. The predicted octanol–water partition coefficient (Wildman–Crippen LogP) is 6.32. The average molecular weight is 682 g/mol. The van der Waals surface area contributed by atoms with Crippen LogP contribution in [0.3, 0.4) is 0 Å². The molecule has 1 aliphatic heterocycles. The molecule has 1 saturated heterocycles. The fraction of sp³-hybridized carbons (Fsp3) is 0.412. The molecular weight excluding hydrogens is 642 g/mol. The maximum atomic E-state index is 14.4. The van der Waals surface area contributed by atoms with E-state index in [0.717, 1.165) is 10.9 Å². The lowest BCUT2D eigenvalue weighted by molar-refractivity contribution is -0.121. The van der Waals surface area contributed by atoms with E-state index in [0.29, 0.717) is 65.2 Å². The first-order chi connectivity index (χ1) is 22.5. The summed E-state index contributed by atoms with van der Waals surface area (Å²) in [6.45, 7) is 7.10. The van der Waals surface area contributed by atoms with Gasteiger partial charge in [0.2, 0.25) is 0 Å². The van der Waals surface area contributed by atoms with Crippen molar-refractivity contribution >= 4 is 56.8 Å². The predicted molar refractivity (Wildman–Crippen MR) is 183 cm³/mol. The molecule has 250 valence electrons. The molecule has 2 aromatic heterocycles. The van der Waals surface area contributed by atoms with Crippen LogP contribution in [0.15, 0.2) is 54.2 Å². The Morgan fingerprint density at radius 2 is 1.89 bits per heavy atom. The topological polar surface area (TPSA) is 126 Å². The lowest BCUT2D eigenvalue weighted by atomic mass is 9.96. The highest BCUT2D eigenvalue weighted by molar-refractivity contribution is 7.13. The van der Waals surface area contributed by atoms with E-state index in [1.807, 2.05) is 26.8 Å². The van der Waals surface area contributed by atoms with E-state index in [-0.39, 0.29) is 18.6 Å². The Morgan fingerprint density at radius 1 is 1.13 bits per heavy atom. The third-order valence-corrected chi connectivity index (χ3v) is 9.18. The van der Waals surface area contributed by atoms with Crippen LogP contribution in [0.1, 0.15) is 49.5 Å². The minimum atomic E-state index is -1.25. The van der Waals surface area contributed by atoms with Crippen molar-refractivity contribution in [1.82, 2.24) is 20.2 Å². The largest absolute Gasteiger partial charge is 0.497 e. The molecule has 5 rings (SSSR count). The quantitative estimate of drug-likeness (QED) is 0.139. The van der Waals surface area contributed by atoms with E-state index in [4.69, 9.17) is 25.8 Å². The molecular formula is C34H40ClN5O6S. The lowest BCUT2D eigenvalue weighted by Gasteiger charge is -2.34. The second-order valence-electron chi connectivity index (χ2n) is 12.4. The van der Waals surface area contributed by atoms with Gasteiger partial charge < -0.3 is 34.3 Å². The molecule has 0 spiro atoms. The molecule has 1 fully saturated rings. The Kier molecular flexibility index (Phi) is 10.6. The van der Waals surface area contributed by atoms with Gasteiger partial charge in [-0.25, -0.2) is 9.78 Å². The Hall–Kier alpha value is -4.29. The maximum Gasteiger partial charge on any atom is 0.410 e. The van der Waals surface area contributed by atoms with Gasteiger partial charge in [-0.3, -0.25) is 9.59 Å². The van der Waals surface area contributed by atoms with Crippen LogP contribution >= 0.6 is 22.9 Å². The maximum absolute atomic E-state index is 14.4. The fourth-order valence-electron chi connectivity index (χ4n) is 5.58. The first-order valence-corrected chi connectivity index (χ1v) is 16.7. The number of nitrogens with zero attached hydrogens (tertiary/aromatic N) is 3. The number of aromatic nitrogens is 2. The van der Waals surface area contributed by atoms with Crippen molar-refractivity contribution in [1.29, 1.82) is 0 Å². The molecule has 3 heterocycles. The normalized spacial score (nSPS) is 14.5. The Morgan fingerprint density at radius 3 is 2.55 bits per heavy atom. The van der Waals surface area contributed by atoms with Gasteiger partial charge >= 0.3 is 6.09 Å². The number of methoxy groups -OCH3 is 2. The summed E-state index contributed by atoms with van der Waals surface area (Å²) in [5, 5.41) is 6.69. The summed E-state index contributed by atoms with van der Waals surface area (Å²) in [6, 6.07) is 9.34. The Labute approximate surface area is 283 Å². The molecule has 11 nitrogen and oxygen atoms in total. The highest BCUT2D eigenvalue weighted by Crippen LogP contribution is 2.31. The van der Waals surface area contributed by atoms with Crippen molar-refractivity contribution in [3.05, 3.63) is 70.3 Å². The van der Waals surface area contributed by atoms with Crippen molar-refractivity contribution in [3.63, 3.8) is 0 Å². The van der Waals surface area contributed by atoms with Crippen LogP contribution in [-0.4, -0.2) is 78.1 Å². The van der Waals surface area contributed by atoms with Crippen LogP contribution in [0.4, 0.5) is 9.93 Å². The number of nitrogens with one attached hydrogen (secondary N) is 2. The summed E-state index contributed by atoms with van der Waals surface area (Å²) in [5.74, 6) is 0.458. The van der Waals surface area contributed by atoms with Gasteiger partial charge in [0, 0.05) is 65.5 Å². The minimum absolute atomic E-state index is 0.126. The SMILES string of the molecule is COc1ccc(CN(c2nccs2)C(C(=O)NCC2CCN(C(=O)OC(C)(C)C)CC2)C(=O)c2ccc3c(Cl)c[nH]c3c2)c(OC)c1. The number of halogens is 1. The van der Waals surface area contributed by atoms with Crippen molar-refractivity contribution in [3.8, 4) is 11.5 Å². The number of benzene rings is 2. The number of aromatic amines is 1. The van der Waals surface area contributed by atoms with E-state index in [9.17, 15) is 14.4 Å². The average Bonchev–Trinajstić information content (AvgIpc) is 3.73. The van der Waals surface area contributed by atoms with E-state index in [1.165, 1.54) is 11.3 Å². The molecule has 0 radical (unpaired) electrons. The van der Waals surface area contributed by atoms with E-state index in [2.05, 4.69) is 15.3 Å². The molecule has 4 aromatic rings. The van der Waals surface area contributed by atoms with Gasteiger partial charge in [0.1, 0.15) is 17.1 Å². The number of carbonyl (C=O) groups is 3. The van der Waals surface area contributed by atoms with Crippen LogP contribution in [0.25, 0.3) is 10.9 Å². The number of thiazole rings is 1. The molecule has 2 N–H and O–H groups in total. The van der Waals surface area contributed by atoms with Crippen LogP contribution < -0.4 is 19.7 Å². The number of Topliss-reactive ketones (excluding diaryl/α,β-unsaturated/α-hetero) is 1. The van der Waals surface area contributed by atoms with Crippen LogP contribution in [0.2, 0.25) is 5.02 Å². The van der Waals surface area contributed by atoms with Gasteiger partial charge in [-0.15, -0.1) is 11.3 Å². The zero-order chi connectivity index (χ0) is 33.7. The second-order valence-corrected chi connectivity index (χ2v) is 13.7. The number of likely N-dealkylation sites (tertiary alicyclic amines) is 1. The number of hydrogen-bond acceptors (Lipinski definition) is 9. The van der Waals surface area contributed by atoms with E-state index < -0.39 is 23.3 Å². The summed E-state index contributed by atoms with van der Waals surface area (Å²) in [6.07, 6.45) is 4.36. The van der Waals surface area contributed by atoms with Crippen molar-refractivity contribution in [2.45, 2.75) is 51.8 Å². The van der Waals surface area contributed by atoms with Gasteiger partial charge in [-0.05, 0) is 57.7 Å². The molecule has 2 amide bonds. The number of ether oxygens (including phenoxy) is 3. The van der Waals surface area contributed by atoms with Gasteiger partial charge in [0.15, 0.2) is 17.0 Å². The van der Waals surface area contributed by atoms with Crippen molar-refractivity contribution in [2.75, 3.05) is 38.8 Å². The number of H-pyrrole nitrogens is 1. The van der Waals surface area contributed by atoms with Crippen LogP contribution in [0, 0.1) is 5.92 Å². The molecule has 13 heteroatoms. The summed E-state index contributed by atoms with van der Waals surface area (Å²) in [5.41, 5.74) is 1.22. The number of anilines is 1. The number of piperidine rings is 1. The monoisotopic (exact) mass is 681 g/mol. The molecule has 1 unspecified atom stereocenters. The summed E-state index contributed by atoms with van der Waals surface area (Å²) in [7, 11) is 3.14. The third kappa shape index (κ3) is 8.17. The summed E-state index contributed by atoms with van der Waals surface area (Å²) in [4.78, 5) is 52.2. The highest BCUT2D eigenvalue weighted by Gasteiger charge is 2.37. The van der Waals surface area contributed by atoms with Gasteiger partial charge in [0.05, 0.1) is 25.8 Å². The highest BCUT2D eigenvalue weighted by atomic mass is 35.5. The lowest BCUT2D eigenvalue weighted by Crippen LogP contribution is -2.53. The molecule has 1 atom stereocenters. The standard InChI is InChI=1S/C34H40ClN5O6S/c1-34(2,3)46-33(43)39-13-10-21(11-14-39)18-38-31(42)29(30(41)22-7-9-25-26(35)19-37-27(25)16-22)40(32-36-12-15-47-32)20-23-6-8-24(44-4)17-28(23)45-5/h6-9,12,15-17,19,21,29,37H,10-11,13-14,18,20H2,1-5H3,(H,38,42). The number of hydrogen-bond donors (Lipinski definition) is 2. The Bertz CT molecular complexity index is 1710. The van der Waals surface area contributed by atoms with Crippen molar-refractivity contribution in [2.24, 2.45) is 5.92 Å². The molecule has 1 aliphatic rings. The number of fused-ring (bicyclic) bond motifs is 1. The molecule has 0 aliphatic carbocycles. The molecule has 0 bridgehead atoms. The van der Waals surface area contributed by atoms with E-state index >= 15 is 0 Å². The van der Waals surface area contributed by atoms with Gasteiger partial charge in [-0.2, -0.15) is 0 Å². The number of rotatable bonds is 11. The fourth-order valence-corrected chi connectivity index (χ4v) is 6.47. The van der Waals surface area contributed by atoms with Crippen LogP contribution in [0.5, 0.6) is 11.5 Å². The summed E-state index contributed by atoms with van der Waals surface area (Å²) < 4.78 is 16.6. The third-order valence-electron chi connectivity index (χ3n) is 8.06. The summed E-state index contributed by atoms with van der Waals surface area (Å²) >= 11 is 7.63. The number of amides is 2. The first-order valence-electron chi connectivity index (χ1n) is 15.4. The minimum Gasteiger partial charge on any atom is -0.497 e. The van der Waals surface area contributed by atoms with Gasteiger partial charge in [-0.1, -0.05) is 23.7 Å². The molecule has 0 saturated carbocycles. The molecule has 47 heavy (non-hydrogen) atoms. The second kappa shape index (κ2) is 14.6. The first kappa shape index (κ1) is 34.1. The van der Waals surface area contributed by atoms with Crippen molar-refractivity contribution < 1.29 is 28.6 Å². The zero-order valence-electron chi connectivity index (χ0n) is 27.2.